The van der Waals surface area contributed by atoms with E-state index in [2.05, 4.69) is 57.3 Å². The summed E-state index contributed by atoms with van der Waals surface area (Å²) in [5, 5.41) is 3.72. The molecule has 1 saturated carbocycles. The first-order chi connectivity index (χ1) is 10.1. The Morgan fingerprint density at radius 2 is 2.00 bits per heavy atom. The van der Waals surface area contributed by atoms with Gasteiger partial charge in [-0.15, -0.1) is 0 Å². The highest BCUT2D eigenvalue weighted by Crippen LogP contribution is 2.40. The number of para-hydroxylation sites is 1. The van der Waals surface area contributed by atoms with E-state index >= 15 is 0 Å². The Morgan fingerprint density at radius 3 is 2.67 bits per heavy atom. The van der Waals surface area contributed by atoms with E-state index in [1.165, 1.54) is 31.2 Å². The molecule has 1 N–H and O–H groups in total. The summed E-state index contributed by atoms with van der Waals surface area (Å²) in [5.41, 5.74) is 1.34. The minimum absolute atomic E-state index is 0.221. The molecule has 2 rings (SSSR count). The van der Waals surface area contributed by atoms with Crippen LogP contribution < -0.4 is 10.1 Å². The van der Waals surface area contributed by atoms with Crippen molar-refractivity contribution >= 4 is 0 Å². The molecule has 1 aliphatic carbocycles. The van der Waals surface area contributed by atoms with Crippen molar-refractivity contribution in [1.29, 1.82) is 0 Å². The summed E-state index contributed by atoms with van der Waals surface area (Å²) in [5.74, 6) is 2.63. The topological polar surface area (TPSA) is 21.3 Å². The molecule has 0 bridgehead atoms. The van der Waals surface area contributed by atoms with Crippen molar-refractivity contribution < 1.29 is 4.74 Å². The van der Waals surface area contributed by atoms with Gasteiger partial charge < -0.3 is 10.1 Å². The fourth-order valence-electron chi connectivity index (χ4n) is 3.63. The molecule has 0 saturated heterocycles. The van der Waals surface area contributed by atoms with Gasteiger partial charge in [0.1, 0.15) is 5.75 Å². The van der Waals surface area contributed by atoms with Gasteiger partial charge in [0, 0.05) is 11.6 Å². The van der Waals surface area contributed by atoms with Crippen molar-refractivity contribution in [3.8, 4) is 5.75 Å². The maximum absolute atomic E-state index is 6.05. The standard InChI is InChI=1S/C19H31NO/c1-5-20-19(16-10-8-9-15(4)13-16)17-11-6-7-12-18(17)21-14(2)3/h6-7,11-12,14-16,19-20H,5,8-10,13H2,1-4H3. The molecule has 0 amide bonds. The van der Waals surface area contributed by atoms with E-state index in [0.717, 1.165) is 24.1 Å². The predicted molar refractivity (Wildman–Crippen MR) is 89.7 cm³/mol. The van der Waals surface area contributed by atoms with E-state index in [4.69, 9.17) is 4.74 Å². The smallest absolute Gasteiger partial charge is 0.124 e. The highest BCUT2D eigenvalue weighted by Gasteiger charge is 2.29. The summed E-state index contributed by atoms with van der Waals surface area (Å²) in [4.78, 5) is 0. The van der Waals surface area contributed by atoms with E-state index in [9.17, 15) is 0 Å². The highest BCUT2D eigenvalue weighted by atomic mass is 16.5. The normalized spacial score (nSPS) is 24.0. The molecule has 118 valence electrons. The molecule has 0 aromatic heterocycles. The molecule has 1 aliphatic rings. The van der Waals surface area contributed by atoms with Gasteiger partial charge in [0.25, 0.3) is 0 Å². The summed E-state index contributed by atoms with van der Waals surface area (Å²) >= 11 is 0. The third kappa shape index (κ3) is 4.47. The average Bonchev–Trinajstić information content (AvgIpc) is 2.45. The minimum Gasteiger partial charge on any atom is -0.491 e. The average molecular weight is 289 g/mol. The van der Waals surface area contributed by atoms with Crippen LogP contribution in [0.1, 0.15) is 65.0 Å². The molecule has 0 spiro atoms. The van der Waals surface area contributed by atoms with Gasteiger partial charge in [-0.3, -0.25) is 0 Å². The lowest BCUT2D eigenvalue weighted by Crippen LogP contribution is -2.31. The molecular formula is C19H31NO. The predicted octanol–water partition coefficient (Wildman–Crippen LogP) is 4.95. The molecule has 1 fully saturated rings. The van der Waals surface area contributed by atoms with Crippen molar-refractivity contribution in [2.75, 3.05) is 6.54 Å². The van der Waals surface area contributed by atoms with Crippen LogP contribution in [0.15, 0.2) is 24.3 Å². The van der Waals surface area contributed by atoms with Crippen LogP contribution in [0.2, 0.25) is 0 Å². The van der Waals surface area contributed by atoms with Crippen LogP contribution in [0.4, 0.5) is 0 Å². The highest BCUT2D eigenvalue weighted by molar-refractivity contribution is 5.36. The largest absolute Gasteiger partial charge is 0.491 e. The van der Waals surface area contributed by atoms with Crippen LogP contribution in [-0.4, -0.2) is 12.6 Å². The van der Waals surface area contributed by atoms with Gasteiger partial charge in [0.2, 0.25) is 0 Å². The Kier molecular flexibility index (Phi) is 6.10. The van der Waals surface area contributed by atoms with Gasteiger partial charge in [-0.25, -0.2) is 0 Å². The Labute approximate surface area is 130 Å². The molecule has 1 aromatic rings. The monoisotopic (exact) mass is 289 g/mol. The zero-order valence-electron chi connectivity index (χ0n) is 14.1. The Hall–Kier alpha value is -1.02. The van der Waals surface area contributed by atoms with Crippen LogP contribution in [-0.2, 0) is 0 Å². The molecule has 21 heavy (non-hydrogen) atoms. The van der Waals surface area contributed by atoms with Gasteiger partial charge in [0.05, 0.1) is 6.10 Å². The molecule has 2 nitrogen and oxygen atoms in total. The van der Waals surface area contributed by atoms with Gasteiger partial charge in [-0.05, 0) is 51.1 Å². The van der Waals surface area contributed by atoms with Crippen LogP contribution in [0.5, 0.6) is 5.75 Å². The lowest BCUT2D eigenvalue weighted by Gasteiger charge is -2.35. The summed E-state index contributed by atoms with van der Waals surface area (Å²) in [6.45, 7) is 9.80. The Balaban J connectivity index is 2.24. The first kappa shape index (κ1) is 16.4. The first-order valence-corrected chi connectivity index (χ1v) is 8.60. The zero-order valence-corrected chi connectivity index (χ0v) is 14.1. The van der Waals surface area contributed by atoms with Crippen LogP contribution in [0.3, 0.4) is 0 Å². The molecular weight excluding hydrogens is 258 g/mol. The molecule has 3 atom stereocenters. The Morgan fingerprint density at radius 1 is 1.24 bits per heavy atom. The number of nitrogens with one attached hydrogen (secondary N) is 1. The summed E-state index contributed by atoms with van der Waals surface area (Å²) in [6, 6.07) is 9.00. The second-order valence-corrected chi connectivity index (χ2v) is 6.77. The minimum atomic E-state index is 0.221. The lowest BCUT2D eigenvalue weighted by molar-refractivity contribution is 0.208. The first-order valence-electron chi connectivity index (χ1n) is 8.60. The van der Waals surface area contributed by atoms with Gasteiger partial charge in [0.15, 0.2) is 0 Å². The number of hydrogen-bond acceptors (Lipinski definition) is 2. The van der Waals surface area contributed by atoms with E-state index in [0.29, 0.717) is 6.04 Å². The van der Waals surface area contributed by atoms with Crippen molar-refractivity contribution in [3.05, 3.63) is 29.8 Å². The van der Waals surface area contributed by atoms with Crippen LogP contribution in [0.25, 0.3) is 0 Å². The molecule has 1 aromatic carbocycles. The van der Waals surface area contributed by atoms with E-state index in [-0.39, 0.29) is 6.10 Å². The number of benzene rings is 1. The number of hydrogen-bond donors (Lipinski definition) is 1. The molecule has 0 heterocycles. The second kappa shape index (κ2) is 7.84. The molecule has 3 unspecified atom stereocenters. The maximum Gasteiger partial charge on any atom is 0.124 e. The molecule has 2 heteroatoms. The van der Waals surface area contributed by atoms with E-state index < -0.39 is 0 Å². The fourth-order valence-corrected chi connectivity index (χ4v) is 3.63. The fraction of sp³-hybridized carbons (Fsp3) is 0.684. The quantitative estimate of drug-likeness (QED) is 0.800. The second-order valence-electron chi connectivity index (χ2n) is 6.77. The number of ether oxygens (including phenoxy) is 1. The van der Waals surface area contributed by atoms with Crippen molar-refractivity contribution in [2.24, 2.45) is 11.8 Å². The van der Waals surface area contributed by atoms with E-state index in [1.54, 1.807) is 0 Å². The lowest BCUT2D eigenvalue weighted by atomic mass is 9.76. The van der Waals surface area contributed by atoms with Crippen molar-refractivity contribution in [1.82, 2.24) is 5.32 Å². The summed E-state index contributed by atoms with van der Waals surface area (Å²) in [7, 11) is 0. The third-order valence-corrected chi connectivity index (χ3v) is 4.49. The van der Waals surface area contributed by atoms with Crippen LogP contribution in [0, 0.1) is 11.8 Å². The summed E-state index contributed by atoms with van der Waals surface area (Å²) < 4.78 is 6.05. The van der Waals surface area contributed by atoms with Gasteiger partial charge >= 0.3 is 0 Å². The van der Waals surface area contributed by atoms with Crippen LogP contribution >= 0.6 is 0 Å². The van der Waals surface area contributed by atoms with Crippen molar-refractivity contribution in [2.45, 2.75) is 65.5 Å². The van der Waals surface area contributed by atoms with E-state index in [1.807, 2.05) is 0 Å². The third-order valence-electron chi connectivity index (χ3n) is 4.49. The van der Waals surface area contributed by atoms with Gasteiger partial charge in [-0.2, -0.15) is 0 Å². The van der Waals surface area contributed by atoms with Gasteiger partial charge in [-0.1, -0.05) is 44.9 Å². The molecule has 0 radical (unpaired) electrons. The summed E-state index contributed by atoms with van der Waals surface area (Å²) in [6.07, 6.45) is 5.63. The maximum atomic E-state index is 6.05. The number of rotatable bonds is 6. The zero-order chi connectivity index (χ0) is 15.2. The van der Waals surface area contributed by atoms with Crippen molar-refractivity contribution in [3.63, 3.8) is 0 Å². The molecule has 0 aliphatic heterocycles. The Bertz CT molecular complexity index is 429. The SMILES string of the molecule is CCNC(c1ccccc1OC(C)C)C1CCCC(C)C1.